The zero-order valence-electron chi connectivity index (χ0n) is 11.5. The smallest absolute Gasteiger partial charge is 0.118 e. The van der Waals surface area contributed by atoms with Crippen LogP contribution in [0.15, 0.2) is 24.3 Å². The molecule has 17 heavy (non-hydrogen) atoms. The molecule has 2 nitrogen and oxygen atoms in total. The lowest BCUT2D eigenvalue weighted by Crippen LogP contribution is -2.29. The van der Waals surface area contributed by atoms with Gasteiger partial charge in [0.15, 0.2) is 0 Å². The number of hydrogen-bond donors (Lipinski definition) is 1. The molecule has 0 heterocycles. The lowest BCUT2D eigenvalue weighted by Gasteiger charge is -2.15. The van der Waals surface area contributed by atoms with Crippen LogP contribution in [0.1, 0.15) is 32.8 Å². The molecule has 2 heteroatoms. The fraction of sp³-hybridized carbons (Fsp3) is 0.600. The fourth-order valence-electron chi connectivity index (χ4n) is 1.71. The highest BCUT2D eigenvalue weighted by atomic mass is 16.5. The Kier molecular flexibility index (Phi) is 6.06. The number of nitrogens with one attached hydrogen (secondary N) is 1. The van der Waals surface area contributed by atoms with E-state index in [2.05, 4.69) is 38.2 Å². The molecule has 0 saturated carbocycles. The lowest BCUT2D eigenvalue weighted by molar-refractivity contribution is 0.414. The van der Waals surface area contributed by atoms with Crippen molar-refractivity contribution in [1.29, 1.82) is 0 Å². The van der Waals surface area contributed by atoms with Crippen molar-refractivity contribution < 1.29 is 4.74 Å². The Labute approximate surface area is 105 Å². The maximum absolute atomic E-state index is 5.15. The number of methoxy groups -OCH3 is 1. The van der Waals surface area contributed by atoms with E-state index in [0.29, 0.717) is 6.04 Å². The highest BCUT2D eigenvalue weighted by Crippen LogP contribution is 2.13. The van der Waals surface area contributed by atoms with Gasteiger partial charge < -0.3 is 10.1 Å². The zero-order valence-corrected chi connectivity index (χ0v) is 11.5. The number of hydrogen-bond acceptors (Lipinski definition) is 2. The molecule has 0 fully saturated rings. The van der Waals surface area contributed by atoms with Crippen LogP contribution in [0.2, 0.25) is 0 Å². The summed E-state index contributed by atoms with van der Waals surface area (Å²) in [7, 11) is 1.70. The van der Waals surface area contributed by atoms with Gasteiger partial charge in [0.05, 0.1) is 7.11 Å². The Bertz CT molecular complexity index is 305. The molecule has 0 spiro atoms. The van der Waals surface area contributed by atoms with Gasteiger partial charge in [-0.2, -0.15) is 0 Å². The van der Waals surface area contributed by atoms with Crippen molar-refractivity contribution in [3.63, 3.8) is 0 Å². The molecule has 0 amide bonds. The van der Waals surface area contributed by atoms with E-state index in [1.165, 1.54) is 12.0 Å². The minimum atomic E-state index is 0.583. The van der Waals surface area contributed by atoms with Crippen molar-refractivity contribution in [1.82, 2.24) is 5.32 Å². The molecule has 0 radical (unpaired) electrons. The molecule has 0 aromatic heterocycles. The average molecular weight is 235 g/mol. The van der Waals surface area contributed by atoms with Crippen molar-refractivity contribution in [2.24, 2.45) is 5.92 Å². The van der Waals surface area contributed by atoms with Crippen LogP contribution >= 0.6 is 0 Å². The molecule has 1 aromatic rings. The molecule has 1 N–H and O–H groups in total. The molecule has 1 aromatic carbocycles. The molecule has 0 aliphatic rings. The van der Waals surface area contributed by atoms with Crippen LogP contribution < -0.4 is 10.1 Å². The van der Waals surface area contributed by atoms with E-state index in [4.69, 9.17) is 4.74 Å². The Morgan fingerprint density at radius 2 is 1.76 bits per heavy atom. The Morgan fingerprint density at radius 3 is 2.29 bits per heavy atom. The zero-order chi connectivity index (χ0) is 12.7. The summed E-state index contributed by atoms with van der Waals surface area (Å²) >= 11 is 0. The maximum Gasteiger partial charge on any atom is 0.118 e. The van der Waals surface area contributed by atoms with Crippen molar-refractivity contribution in [3.05, 3.63) is 29.8 Å². The number of ether oxygens (including phenoxy) is 1. The van der Waals surface area contributed by atoms with Crippen LogP contribution in [0, 0.1) is 5.92 Å². The van der Waals surface area contributed by atoms with Gasteiger partial charge in [-0.25, -0.2) is 0 Å². The van der Waals surface area contributed by atoms with Gasteiger partial charge in [0, 0.05) is 6.04 Å². The summed E-state index contributed by atoms with van der Waals surface area (Å²) in [6.07, 6.45) is 2.30. The minimum Gasteiger partial charge on any atom is -0.497 e. The van der Waals surface area contributed by atoms with E-state index in [-0.39, 0.29) is 0 Å². The molecule has 1 atom stereocenters. The van der Waals surface area contributed by atoms with Crippen molar-refractivity contribution in [2.45, 2.75) is 39.7 Å². The van der Waals surface area contributed by atoms with Gasteiger partial charge in [-0.05, 0) is 49.9 Å². The second-order valence-corrected chi connectivity index (χ2v) is 5.09. The van der Waals surface area contributed by atoms with Gasteiger partial charge >= 0.3 is 0 Å². The van der Waals surface area contributed by atoms with Gasteiger partial charge in [-0.1, -0.05) is 26.0 Å². The van der Waals surface area contributed by atoms with Crippen LogP contribution in [-0.2, 0) is 6.42 Å². The molecule has 1 rings (SSSR count). The second kappa shape index (κ2) is 7.33. The third-order valence-corrected chi connectivity index (χ3v) is 2.90. The van der Waals surface area contributed by atoms with Gasteiger partial charge in [-0.15, -0.1) is 0 Å². The normalized spacial score (nSPS) is 12.8. The predicted molar refractivity (Wildman–Crippen MR) is 73.6 cm³/mol. The summed E-state index contributed by atoms with van der Waals surface area (Å²) in [5, 5.41) is 3.55. The molecule has 96 valence electrons. The second-order valence-electron chi connectivity index (χ2n) is 5.09. The maximum atomic E-state index is 5.15. The Hall–Kier alpha value is -1.02. The molecular formula is C15H25NO. The first-order chi connectivity index (χ1) is 8.11. The fourth-order valence-corrected chi connectivity index (χ4v) is 1.71. The van der Waals surface area contributed by atoms with Crippen molar-refractivity contribution in [3.8, 4) is 5.75 Å². The number of benzene rings is 1. The molecule has 0 aliphatic carbocycles. The van der Waals surface area contributed by atoms with Crippen LogP contribution in [0.4, 0.5) is 0 Å². The van der Waals surface area contributed by atoms with E-state index in [1.807, 2.05) is 12.1 Å². The van der Waals surface area contributed by atoms with Gasteiger partial charge in [0.25, 0.3) is 0 Å². The third-order valence-electron chi connectivity index (χ3n) is 2.90. The summed E-state index contributed by atoms with van der Waals surface area (Å²) in [5.74, 6) is 1.65. The Balaban J connectivity index is 2.29. The van der Waals surface area contributed by atoms with E-state index in [9.17, 15) is 0 Å². The summed E-state index contributed by atoms with van der Waals surface area (Å²) in [6.45, 7) is 7.84. The molecule has 1 unspecified atom stereocenters. The monoisotopic (exact) mass is 235 g/mol. The first-order valence-corrected chi connectivity index (χ1v) is 6.48. The number of rotatable bonds is 7. The first kappa shape index (κ1) is 14.0. The van der Waals surface area contributed by atoms with Crippen LogP contribution in [0.5, 0.6) is 5.75 Å². The summed E-state index contributed by atoms with van der Waals surface area (Å²) in [5.41, 5.74) is 1.38. The van der Waals surface area contributed by atoms with E-state index in [1.54, 1.807) is 7.11 Å². The lowest BCUT2D eigenvalue weighted by atomic mass is 10.1. The SMILES string of the molecule is COc1ccc(CCC(C)NCC(C)C)cc1. The van der Waals surface area contributed by atoms with E-state index >= 15 is 0 Å². The van der Waals surface area contributed by atoms with Crippen LogP contribution in [0.3, 0.4) is 0 Å². The van der Waals surface area contributed by atoms with Crippen LogP contribution in [-0.4, -0.2) is 19.7 Å². The third kappa shape index (κ3) is 5.73. The summed E-state index contributed by atoms with van der Waals surface area (Å²) < 4.78 is 5.15. The largest absolute Gasteiger partial charge is 0.497 e. The van der Waals surface area contributed by atoms with Crippen molar-refractivity contribution in [2.75, 3.05) is 13.7 Å². The number of aryl methyl sites for hydroxylation is 1. The molecular weight excluding hydrogens is 210 g/mol. The van der Waals surface area contributed by atoms with Gasteiger partial charge in [-0.3, -0.25) is 0 Å². The molecule has 0 aliphatic heterocycles. The first-order valence-electron chi connectivity index (χ1n) is 6.48. The van der Waals surface area contributed by atoms with Crippen LogP contribution in [0.25, 0.3) is 0 Å². The van der Waals surface area contributed by atoms with Crippen molar-refractivity contribution >= 4 is 0 Å². The minimum absolute atomic E-state index is 0.583. The highest BCUT2D eigenvalue weighted by Gasteiger charge is 2.03. The van der Waals surface area contributed by atoms with Gasteiger partial charge in [0.2, 0.25) is 0 Å². The Morgan fingerprint density at radius 1 is 1.12 bits per heavy atom. The summed E-state index contributed by atoms with van der Waals surface area (Å²) in [4.78, 5) is 0. The molecule has 0 saturated heterocycles. The van der Waals surface area contributed by atoms with E-state index < -0.39 is 0 Å². The highest BCUT2D eigenvalue weighted by molar-refractivity contribution is 5.27. The average Bonchev–Trinajstić information content (AvgIpc) is 2.34. The topological polar surface area (TPSA) is 21.3 Å². The molecule has 0 bridgehead atoms. The standard InChI is InChI=1S/C15H25NO/c1-12(2)11-16-13(3)5-6-14-7-9-15(17-4)10-8-14/h7-10,12-13,16H,5-6,11H2,1-4H3. The van der Waals surface area contributed by atoms with E-state index in [0.717, 1.165) is 24.6 Å². The quantitative estimate of drug-likeness (QED) is 0.783. The van der Waals surface area contributed by atoms with Gasteiger partial charge in [0.1, 0.15) is 5.75 Å². The summed E-state index contributed by atoms with van der Waals surface area (Å²) in [6, 6.07) is 8.94. The predicted octanol–water partition coefficient (Wildman–Crippen LogP) is 3.26.